The third-order valence-corrected chi connectivity index (χ3v) is 1.63. The predicted octanol–water partition coefficient (Wildman–Crippen LogP) is 3.22. The van der Waals surface area contributed by atoms with Gasteiger partial charge >= 0.3 is 6.18 Å². The Hall–Kier alpha value is -1.75. The smallest absolute Gasteiger partial charge is 0.258 e. The second-order valence-corrected chi connectivity index (χ2v) is 2.88. The summed E-state index contributed by atoms with van der Waals surface area (Å²) in [4.78, 5) is 6.28. The zero-order valence-corrected chi connectivity index (χ0v) is 7.78. The Morgan fingerprint density at radius 1 is 1.47 bits per heavy atom. The molecule has 0 aliphatic rings. The van der Waals surface area contributed by atoms with Crippen molar-refractivity contribution in [2.24, 2.45) is 5.11 Å². The standard InChI is InChI=1S/C8H7F3N4/c1-5-2-6(8(9,10)11)3-7(14-5)4-13-15-12/h2-3H,4H2,1H3. The number of halogens is 3. The van der Waals surface area contributed by atoms with Crippen molar-refractivity contribution in [2.45, 2.75) is 19.6 Å². The molecular formula is C8H7F3N4. The predicted molar refractivity (Wildman–Crippen MR) is 46.8 cm³/mol. The highest BCUT2D eigenvalue weighted by atomic mass is 19.4. The first kappa shape index (κ1) is 11.3. The van der Waals surface area contributed by atoms with Crippen LogP contribution < -0.4 is 0 Å². The zero-order chi connectivity index (χ0) is 11.5. The van der Waals surface area contributed by atoms with E-state index >= 15 is 0 Å². The summed E-state index contributed by atoms with van der Waals surface area (Å²) in [5.41, 5.74) is 7.61. The van der Waals surface area contributed by atoms with Crippen molar-refractivity contribution in [2.75, 3.05) is 0 Å². The third-order valence-electron chi connectivity index (χ3n) is 1.63. The van der Waals surface area contributed by atoms with Crippen molar-refractivity contribution >= 4 is 0 Å². The van der Waals surface area contributed by atoms with Gasteiger partial charge in [0.15, 0.2) is 0 Å². The van der Waals surface area contributed by atoms with E-state index in [1.165, 1.54) is 6.92 Å². The van der Waals surface area contributed by atoms with Crippen LogP contribution in [0.4, 0.5) is 13.2 Å². The lowest BCUT2D eigenvalue weighted by atomic mass is 10.2. The van der Waals surface area contributed by atoms with Crippen LogP contribution in [0.15, 0.2) is 17.2 Å². The van der Waals surface area contributed by atoms with Crippen LogP contribution in [0.1, 0.15) is 17.0 Å². The summed E-state index contributed by atoms with van der Waals surface area (Å²) >= 11 is 0. The molecule has 0 radical (unpaired) electrons. The van der Waals surface area contributed by atoms with Gasteiger partial charge in [0, 0.05) is 16.3 Å². The largest absolute Gasteiger partial charge is 0.416 e. The van der Waals surface area contributed by atoms with Gasteiger partial charge in [-0.15, -0.1) is 0 Å². The third kappa shape index (κ3) is 3.14. The van der Waals surface area contributed by atoms with Gasteiger partial charge in [0.05, 0.1) is 12.1 Å². The maximum Gasteiger partial charge on any atom is 0.416 e. The Kier molecular flexibility index (Phi) is 3.16. The number of aromatic nitrogens is 1. The van der Waals surface area contributed by atoms with Crippen molar-refractivity contribution in [3.8, 4) is 0 Å². The Morgan fingerprint density at radius 2 is 2.13 bits per heavy atom. The number of nitrogens with zero attached hydrogens (tertiary/aromatic N) is 4. The van der Waals surface area contributed by atoms with Crippen molar-refractivity contribution in [3.63, 3.8) is 0 Å². The second kappa shape index (κ2) is 4.18. The Labute approximate surface area is 83.4 Å². The molecule has 0 aliphatic carbocycles. The molecule has 0 aromatic carbocycles. The minimum Gasteiger partial charge on any atom is -0.258 e. The first-order chi connectivity index (χ1) is 6.93. The maximum atomic E-state index is 12.3. The van der Waals surface area contributed by atoms with E-state index in [-0.39, 0.29) is 17.9 Å². The SMILES string of the molecule is Cc1cc(C(F)(F)F)cc(CN=[N+]=[N-])n1. The van der Waals surface area contributed by atoms with Gasteiger partial charge in [0.2, 0.25) is 0 Å². The molecule has 0 unspecified atom stereocenters. The monoisotopic (exact) mass is 216 g/mol. The molecule has 0 bridgehead atoms. The summed E-state index contributed by atoms with van der Waals surface area (Å²) in [6.07, 6.45) is -4.40. The number of aryl methyl sites for hydroxylation is 1. The van der Waals surface area contributed by atoms with E-state index in [9.17, 15) is 13.2 Å². The van der Waals surface area contributed by atoms with Crippen LogP contribution in [0.25, 0.3) is 10.4 Å². The van der Waals surface area contributed by atoms with Crippen molar-refractivity contribution in [1.29, 1.82) is 0 Å². The summed E-state index contributed by atoms with van der Waals surface area (Å²) in [5, 5.41) is 3.16. The molecule has 15 heavy (non-hydrogen) atoms. The molecule has 0 saturated heterocycles. The summed E-state index contributed by atoms with van der Waals surface area (Å²) in [6, 6.07) is 1.82. The highest BCUT2D eigenvalue weighted by Crippen LogP contribution is 2.29. The van der Waals surface area contributed by atoms with E-state index in [2.05, 4.69) is 15.0 Å². The molecule has 0 N–H and O–H groups in total. The number of rotatable bonds is 2. The van der Waals surface area contributed by atoms with Crippen LogP contribution >= 0.6 is 0 Å². The molecule has 0 saturated carbocycles. The highest BCUT2D eigenvalue weighted by Gasteiger charge is 2.31. The molecule has 80 valence electrons. The number of hydrogen-bond acceptors (Lipinski definition) is 2. The molecule has 7 heteroatoms. The fourth-order valence-electron chi connectivity index (χ4n) is 1.09. The first-order valence-corrected chi connectivity index (χ1v) is 3.99. The average molecular weight is 216 g/mol. The van der Waals surface area contributed by atoms with Gasteiger partial charge in [0.1, 0.15) is 0 Å². The maximum absolute atomic E-state index is 12.3. The molecule has 0 spiro atoms. The minimum atomic E-state index is -4.40. The summed E-state index contributed by atoms with van der Waals surface area (Å²) in [7, 11) is 0. The number of pyridine rings is 1. The van der Waals surface area contributed by atoms with Crippen molar-refractivity contribution in [3.05, 3.63) is 39.5 Å². The number of hydrogen-bond donors (Lipinski definition) is 0. The van der Waals surface area contributed by atoms with Crippen LogP contribution in [-0.2, 0) is 12.7 Å². The van der Waals surface area contributed by atoms with E-state index in [0.717, 1.165) is 12.1 Å². The highest BCUT2D eigenvalue weighted by molar-refractivity contribution is 5.23. The van der Waals surface area contributed by atoms with E-state index in [1.54, 1.807) is 0 Å². The molecule has 0 amide bonds. The lowest BCUT2D eigenvalue weighted by molar-refractivity contribution is -0.137. The zero-order valence-electron chi connectivity index (χ0n) is 7.78. The molecule has 1 aromatic rings. The van der Waals surface area contributed by atoms with Gasteiger partial charge in [0.25, 0.3) is 0 Å². The van der Waals surface area contributed by atoms with Gasteiger partial charge in [-0.25, -0.2) is 0 Å². The second-order valence-electron chi connectivity index (χ2n) is 2.88. The fraction of sp³-hybridized carbons (Fsp3) is 0.375. The summed E-state index contributed by atoms with van der Waals surface area (Å²) < 4.78 is 37.0. The molecule has 1 aromatic heterocycles. The molecular weight excluding hydrogens is 209 g/mol. The topological polar surface area (TPSA) is 61.7 Å². The van der Waals surface area contributed by atoms with Gasteiger partial charge < -0.3 is 0 Å². The van der Waals surface area contributed by atoms with E-state index in [4.69, 9.17) is 5.53 Å². The summed E-state index contributed by atoms with van der Waals surface area (Å²) in [6.45, 7) is 1.27. The van der Waals surface area contributed by atoms with Crippen molar-refractivity contribution < 1.29 is 13.2 Å². The normalized spacial score (nSPS) is 10.9. The summed E-state index contributed by atoms with van der Waals surface area (Å²) in [5.74, 6) is 0. The molecule has 1 rings (SSSR count). The molecule has 0 fully saturated rings. The Bertz CT molecular complexity index is 407. The van der Waals surface area contributed by atoms with E-state index < -0.39 is 11.7 Å². The van der Waals surface area contributed by atoms with E-state index in [1.807, 2.05) is 0 Å². The number of azide groups is 1. The van der Waals surface area contributed by atoms with Crippen LogP contribution in [-0.4, -0.2) is 4.98 Å². The van der Waals surface area contributed by atoms with Gasteiger partial charge in [-0.05, 0) is 24.6 Å². The van der Waals surface area contributed by atoms with E-state index in [0.29, 0.717) is 0 Å². The molecule has 0 aliphatic heterocycles. The van der Waals surface area contributed by atoms with Crippen LogP contribution in [0.2, 0.25) is 0 Å². The molecule has 0 atom stereocenters. The lowest BCUT2D eigenvalue weighted by Gasteiger charge is -2.08. The van der Waals surface area contributed by atoms with Crippen LogP contribution in [0.5, 0.6) is 0 Å². The Balaban J connectivity index is 3.10. The Morgan fingerprint density at radius 3 is 2.67 bits per heavy atom. The fourth-order valence-corrected chi connectivity index (χ4v) is 1.09. The quantitative estimate of drug-likeness (QED) is 0.425. The van der Waals surface area contributed by atoms with Gasteiger partial charge in [-0.3, -0.25) is 4.98 Å². The van der Waals surface area contributed by atoms with Crippen LogP contribution in [0, 0.1) is 6.92 Å². The average Bonchev–Trinajstić information content (AvgIpc) is 2.12. The lowest BCUT2D eigenvalue weighted by Crippen LogP contribution is -2.07. The first-order valence-electron chi connectivity index (χ1n) is 3.99. The van der Waals surface area contributed by atoms with Gasteiger partial charge in [-0.2, -0.15) is 13.2 Å². The van der Waals surface area contributed by atoms with Crippen molar-refractivity contribution in [1.82, 2.24) is 4.98 Å². The van der Waals surface area contributed by atoms with Gasteiger partial charge in [-0.1, -0.05) is 5.11 Å². The number of alkyl halides is 3. The minimum absolute atomic E-state index is 0.111. The molecule has 1 heterocycles. The molecule has 4 nitrogen and oxygen atoms in total. The van der Waals surface area contributed by atoms with Crippen LogP contribution in [0.3, 0.4) is 0 Å².